The van der Waals surface area contributed by atoms with E-state index in [0.29, 0.717) is 0 Å². The van der Waals surface area contributed by atoms with Crippen molar-refractivity contribution in [3.63, 3.8) is 0 Å². The third-order valence-electron chi connectivity index (χ3n) is 4.85. The monoisotopic (exact) mass is 354 g/mol. The molecule has 1 aliphatic rings. The minimum absolute atomic E-state index is 0.0263. The molecule has 0 radical (unpaired) electrons. The summed E-state index contributed by atoms with van der Waals surface area (Å²) in [6, 6.07) is 5.93. The van der Waals surface area contributed by atoms with E-state index in [2.05, 4.69) is 27.4 Å². The lowest BCUT2D eigenvalue weighted by molar-refractivity contribution is 0.102. The molecule has 26 heavy (non-hydrogen) atoms. The number of nitrogens with one attached hydrogen (secondary N) is 1. The molecule has 0 spiro atoms. The van der Waals surface area contributed by atoms with Gasteiger partial charge in [-0.3, -0.25) is 14.8 Å². The Kier molecular flexibility index (Phi) is 4.02. The molecule has 0 bridgehead atoms. The first-order valence-corrected chi connectivity index (χ1v) is 8.53. The number of hydrogen-bond acceptors (Lipinski definition) is 4. The maximum Gasteiger partial charge on any atom is 0.261 e. The zero-order chi connectivity index (χ0) is 18.3. The summed E-state index contributed by atoms with van der Waals surface area (Å²) in [4.78, 5) is 16.7. The van der Waals surface area contributed by atoms with Gasteiger partial charge in [-0.15, -0.1) is 5.10 Å². The SMILES string of the molecule is CC1C(c2cnn(C)c2)CCc2nc(NC(=O)c3ccccc3F)nn21. The van der Waals surface area contributed by atoms with Gasteiger partial charge in [0, 0.05) is 25.6 Å². The Balaban J connectivity index is 1.56. The first-order valence-electron chi connectivity index (χ1n) is 8.53. The molecule has 2 unspecified atom stereocenters. The van der Waals surface area contributed by atoms with Gasteiger partial charge < -0.3 is 0 Å². The van der Waals surface area contributed by atoms with Gasteiger partial charge in [0.25, 0.3) is 5.91 Å². The molecule has 8 heteroatoms. The molecule has 0 aliphatic carbocycles. The fourth-order valence-corrected chi connectivity index (χ4v) is 3.49. The van der Waals surface area contributed by atoms with Crippen molar-refractivity contribution >= 4 is 11.9 Å². The second-order valence-electron chi connectivity index (χ2n) is 6.56. The first kappa shape index (κ1) is 16.4. The molecule has 1 aliphatic heterocycles. The van der Waals surface area contributed by atoms with Crippen LogP contribution in [0.3, 0.4) is 0 Å². The van der Waals surface area contributed by atoms with Gasteiger partial charge in [0.2, 0.25) is 5.95 Å². The quantitative estimate of drug-likeness (QED) is 0.784. The number of rotatable bonds is 3. The van der Waals surface area contributed by atoms with Crippen LogP contribution in [-0.4, -0.2) is 30.5 Å². The lowest BCUT2D eigenvalue weighted by Crippen LogP contribution is -2.24. The molecule has 0 saturated carbocycles. The average Bonchev–Trinajstić information content (AvgIpc) is 3.22. The summed E-state index contributed by atoms with van der Waals surface area (Å²) in [5.74, 6) is 0.183. The predicted molar refractivity (Wildman–Crippen MR) is 93.4 cm³/mol. The topological polar surface area (TPSA) is 77.6 Å². The van der Waals surface area contributed by atoms with E-state index in [1.807, 2.05) is 24.1 Å². The highest BCUT2D eigenvalue weighted by Gasteiger charge is 2.30. The van der Waals surface area contributed by atoms with Crippen LogP contribution in [0, 0.1) is 5.82 Å². The number of carbonyl (C=O) groups is 1. The summed E-state index contributed by atoms with van der Waals surface area (Å²) in [6.45, 7) is 2.08. The van der Waals surface area contributed by atoms with E-state index in [1.54, 1.807) is 16.8 Å². The molecule has 2 atom stereocenters. The number of aryl methyl sites for hydroxylation is 2. The third kappa shape index (κ3) is 2.87. The van der Waals surface area contributed by atoms with Gasteiger partial charge in [-0.1, -0.05) is 12.1 Å². The van der Waals surface area contributed by atoms with E-state index in [4.69, 9.17) is 0 Å². The van der Waals surface area contributed by atoms with E-state index in [1.165, 1.54) is 12.1 Å². The lowest BCUT2D eigenvalue weighted by atomic mass is 9.87. The fraction of sp³-hybridized carbons (Fsp3) is 0.333. The van der Waals surface area contributed by atoms with Crippen LogP contribution in [-0.2, 0) is 13.5 Å². The Labute approximate surface area is 149 Å². The van der Waals surface area contributed by atoms with Crippen molar-refractivity contribution in [2.75, 3.05) is 5.32 Å². The van der Waals surface area contributed by atoms with Crippen LogP contribution in [0.15, 0.2) is 36.7 Å². The Morgan fingerprint density at radius 2 is 2.15 bits per heavy atom. The van der Waals surface area contributed by atoms with Crippen LogP contribution in [0.4, 0.5) is 10.3 Å². The van der Waals surface area contributed by atoms with Gasteiger partial charge in [-0.2, -0.15) is 10.1 Å². The molecule has 4 rings (SSSR count). The van der Waals surface area contributed by atoms with Crippen molar-refractivity contribution in [1.29, 1.82) is 0 Å². The maximum atomic E-state index is 13.8. The second kappa shape index (κ2) is 6.36. The van der Waals surface area contributed by atoms with E-state index in [-0.39, 0.29) is 23.5 Å². The van der Waals surface area contributed by atoms with Gasteiger partial charge in [-0.05, 0) is 31.0 Å². The van der Waals surface area contributed by atoms with E-state index >= 15 is 0 Å². The Bertz CT molecular complexity index is 962. The van der Waals surface area contributed by atoms with E-state index < -0.39 is 11.7 Å². The summed E-state index contributed by atoms with van der Waals surface area (Å²) < 4.78 is 17.4. The van der Waals surface area contributed by atoms with Crippen molar-refractivity contribution in [2.45, 2.75) is 31.7 Å². The van der Waals surface area contributed by atoms with Crippen LogP contribution >= 0.6 is 0 Å². The highest BCUT2D eigenvalue weighted by Crippen LogP contribution is 2.36. The Hall–Kier alpha value is -3.03. The van der Waals surface area contributed by atoms with Crippen molar-refractivity contribution in [1.82, 2.24) is 24.5 Å². The van der Waals surface area contributed by atoms with Crippen molar-refractivity contribution in [2.24, 2.45) is 7.05 Å². The lowest BCUT2D eigenvalue weighted by Gasteiger charge is -2.28. The number of benzene rings is 1. The van der Waals surface area contributed by atoms with Crippen LogP contribution in [0.25, 0.3) is 0 Å². The average molecular weight is 354 g/mol. The van der Waals surface area contributed by atoms with Crippen molar-refractivity contribution in [3.05, 3.63) is 59.4 Å². The number of nitrogens with zero attached hydrogens (tertiary/aromatic N) is 5. The van der Waals surface area contributed by atoms with Gasteiger partial charge >= 0.3 is 0 Å². The Morgan fingerprint density at radius 3 is 2.88 bits per heavy atom. The highest BCUT2D eigenvalue weighted by atomic mass is 19.1. The smallest absolute Gasteiger partial charge is 0.261 e. The van der Waals surface area contributed by atoms with E-state index in [0.717, 1.165) is 24.2 Å². The third-order valence-corrected chi connectivity index (χ3v) is 4.85. The first-order chi connectivity index (χ1) is 12.5. The zero-order valence-corrected chi connectivity index (χ0v) is 14.6. The van der Waals surface area contributed by atoms with Crippen LogP contribution in [0.5, 0.6) is 0 Å². The summed E-state index contributed by atoms with van der Waals surface area (Å²) in [5, 5.41) is 11.3. The van der Waals surface area contributed by atoms with Gasteiger partial charge in [0.1, 0.15) is 11.6 Å². The number of carbonyl (C=O) groups excluding carboxylic acids is 1. The van der Waals surface area contributed by atoms with Crippen molar-refractivity contribution in [3.8, 4) is 0 Å². The predicted octanol–water partition coefficient (Wildman–Crippen LogP) is 2.69. The molecule has 7 nitrogen and oxygen atoms in total. The largest absolute Gasteiger partial charge is 0.289 e. The molecule has 134 valence electrons. The van der Waals surface area contributed by atoms with Crippen LogP contribution in [0.1, 0.15) is 47.1 Å². The zero-order valence-electron chi connectivity index (χ0n) is 14.6. The maximum absolute atomic E-state index is 13.8. The molecule has 0 fully saturated rings. The Morgan fingerprint density at radius 1 is 1.35 bits per heavy atom. The fourth-order valence-electron chi connectivity index (χ4n) is 3.49. The molecule has 3 aromatic rings. The number of hydrogen-bond donors (Lipinski definition) is 1. The molecular formula is C18H19FN6O. The number of halogens is 1. The van der Waals surface area contributed by atoms with E-state index in [9.17, 15) is 9.18 Å². The second-order valence-corrected chi connectivity index (χ2v) is 6.56. The molecular weight excluding hydrogens is 335 g/mol. The van der Waals surface area contributed by atoms with Crippen LogP contribution in [0.2, 0.25) is 0 Å². The van der Waals surface area contributed by atoms with Crippen molar-refractivity contribution < 1.29 is 9.18 Å². The van der Waals surface area contributed by atoms with Gasteiger partial charge in [0.05, 0.1) is 17.8 Å². The number of aromatic nitrogens is 5. The molecule has 3 heterocycles. The number of fused-ring (bicyclic) bond motifs is 1. The standard InChI is InChI=1S/C18H19FN6O/c1-11-13(12-9-20-24(2)10-12)7-8-16-21-18(23-25(11)16)22-17(26)14-5-3-4-6-15(14)19/h3-6,9-11,13H,7-8H2,1-2H3,(H,22,23,26). The minimum Gasteiger partial charge on any atom is -0.289 e. The summed E-state index contributed by atoms with van der Waals surface area (Å²) in [5.41, 5.74) is 1.14. The molecule has 1 aromatic carbocycles. The number of amides is 1. The summed E-state index contributed by atoms with van der Waals surface area (Å²) >= 11 is 0. The summed E-state index contributed by atoms with van der Waals surface area (Å²) in [7, 11) is 1.90. The normalized spacial score (nSPS) is 19.2. The molecule has 0 saturated heterocycles. The molecule has 2 aromatic heterocycles. The summed E-state index contributed by atoms with van der Waals surface area (Å²) in [6.07, 6.45) is 5.59. The van der Waals surface area contributed by atoms with Gasteiger partial charge in [-0.25, -0.2) is 9.07 Å². The number of anilines is 1. The minimum atomic E-state index is -0.570. The van der Waals surface area contributed by atoms with Crippen LogP contribution < -0.4 is 5.32 Å². The molecule has 1 N–H and O–H groups in total. The van der Waals surface area contributed by atoms with Gasteiger partial charge in [0.15, 0.2) is 0 Å². The highest BCUT2D eigenvalue weighted by molar-refractivity contribution is 6.03. The molecule has 1 amide bonds.